The number of hydrogen-bond acceptors (Lipinski definition) is 2. The number of rotatable bonds is 0. The lowest BCUT2D eigenvalue weighted by atomic mass is 10.3. The minimum absolute atomic E-state index is 0.987. The van der Waals surface area contributed by atoms with Crippen molar-refractivity contribution >= 4 is 0 Å². The van der Waals surface area contributed by atoms with Gasteiger partial charge in [0.15, 0.2) is 6.39 Å². The molecule has 0 bridgehead atoms. The van der Waals surface area contributed by atoms with E-state index < -0.39 is 0 Å². The van der Waals surface area contributed by atoms with Crippen LogP contribution in [0.15, 0.2) is 35.3 Å². The Bertz CT molecular complexity index is 249. The molecule has 2 heteroatoms. The van der Waals surface area contributed by atoms with E-state index in [0.717, 1.165) is 11.3 Å². The molecule has 0 aromatic rings. The van der Waals surface area contributed by atoms with Crippen molar-refractivity contribution in [1.82, 2.24) is 4.98 Å². The van der Waals surface area contributed by atoms with E-state index >= 15 is 0 Å². The zero-order chi connectivity index (χ0) is 6.10. The summed E-state index contributed by atoms with van der Waals surface area (Å²) >= 11 is 0. The lowest BCUT2D eigenvalue weighted by Gasteiger charge is -1.90. The molecule has 0 spiro atoms. The van der Waals surface area contributed by atoms with Crippen molar-refractivity contribution in [3.63, 3.8) is 0 Å². The van der Waals surface area contributed by atoms with Crippen molar-refractivity contribution in [3.8, 4) is 11.3 Å². The predicted octanol–water partition coefficient (Wildman–Crippen LogP) is 1.78. The lowest BCUT2D eigenvalue weighted by Crippen LogP contribution is -1.74. The Balaban J connectivity index is 2.79. The fraction of sp³-hybridized carbons (Fsp3) is 0. The van der Waals surface area contributed by atoms with Crippen LogP contribution in [0.1, 0.15) is 0 Å². The quantitative estimate of drug-likeness (QED) is 0.528. The first-order chi connectivity index (χ1) is 4.47. The molecule has 1 aliphatic heterocycles. The first-order valence-electron chi connectivity index (χ1n) is 2.74. The van der Waals surface area contributed by atoms with E-state index in [1.807, 2.05) is 18.2 Å². The Hall–Kier alpha value is -1.31. The van der Waals surface area contributed by atoms with Crippen LogP contribution in [0.25, 0.3) is 11.3 Å². The first kappa shape index (κ1) is 4.56. The number of aromatic nitrogens is 1. The van der Waals surface area contributed by atoms with Crippen LogP contribution in [0.3, 0.4) is 0 Å². The summed E-state index contributed by atoms with van der Waals surface area (Å²) in [6.07, 6.45) is 3.12. The molecule has 0 amide bonds. The lowest BCUT2D eigenvalue weighted by molar-refractivity contribution is 0.530. The molecule has 2 aliphatic rings. The van der Waals surface area contributed by atoms with E-state index in [1.165, 1.54) is 6.39 Å². The Morgan fingerprint density at radius 1 is 1.33 bits per heavy atom. The minimum Gasteiger partial charge on any atom is -0.453 e. The Morgan fingerprint density at radius 2 is 2.33 bits per heavy atom. The van der Waals surface area contributed by atoms with Gasteiger partial charge in [-0.25, -0.2) is 4.98 Å². The van der Waals surface area contributed by atoms with Gasteiger partial charge in [-0.3, -0.25) is 0 Å². The topological polar surface area (TPSA) is 26.0 Å². The molecule has 2 nitrogen and oxygen atoms in total. The van der Waals surface area contributed by atoms with Crippen molar-refractivity contribution in [3.05, 3.63) is 30.9 Å². The molecule has 44 valence electrons. The minimum atomic E-state index is 0.987. The summed E-state index contributed by atoms with van der Waals surface area (Å²) in [6.45, 7) is 0. The third-order valence-corrected chi connectivity index (χ3v) is 1.27. The summed E-state index contributed by atoms with van der Waals surface area (Å²) in [5.74, 6) is 0. The summed E-state index contributed by atoms with van der Waals surface area (Å²) in [4.78, 5) is 3.97. The highest BCUT2D eigenvalue weighted by atomic mass is 16.3. The summed E-state index contributed by atoms with van der Waals surface area (Å²) in [5.41, 5.74) is 2.04. The van der Waals surface area contributed by atoms with Crippen LogP contribution < -0.4 is 0 Å². The van der Waals surface area contributed by atoms with Crippen LogP contribution in [-0.2, 0) is 0 Å². The van der Waals surface area contributed by atoms with Crippen molar-refractivity contribution in [2.45, 2.75) is 0 Å². The second-order valence-corrected chi connectivity index (χ2v) is 1.85. The Morgan fingerprint density at radius 3 is 3.22 bits per heavy atom. The molecule has 0 saturated carbocycles. The maximum Gasteiger partial charge on any atom is 0.180 e. The molecule has 0 fully saturated rings. The fourth-order valence-corrected chi connectivity index (χ4v) is 0.833. The van der Waals surface area contributed by atoms with Gasteiger partial charge in [0.05, 0.1) is 5.69 Å². The van der Waals surface area contributed by atoms with Crippen LogP contribution in [0.4, 0.5) is 0 Å². The zero-order valence-corrected chi connectivity index (χ0v) is 4.74. The van der Waals surface area contributed by atoms with E-state index in [1.54, 1.807) is 6.26 Å². The van der Waals surface area contributed by atoms with Crippen LogP contribution in [0.5, 0.6) is 0 Å². The largest absolute Gasteiger partial charge is 0.453 e. The molecule has 1 aliphatic carbocycles. The number of hydrogen-bond donors (Lipinski definition) is 0. The molecule has 0 saturated heterocycles. The molecule has 0 aromatic carbocycles. The second-order valence-electron chi connectivity index (χ2n) is 1.85. The van der Waals surface area contributed by atoms with Gasteiger partial charge >= 0.3 is 0 Å². The molecule has 0 radical (unpaired) electrons. The SMILES string of the molecule is c1cc2cocnc-2c1. The van der Waals surface area contributed by atoms with Gasteiger partial charge in [0.25, 0.3) is 0 Å². The summed E-state index contributed by atoms with van der Waals surface area (Å²) in [6, 6.07) is 5.86. The van der Waals surface area contributed by atoms with E-state index in [9.17, 15) is 0 Å². The highest BCUT2D eigenvalue weighted by Gasteiger charge is 1.99. The molecule has 0 unspecified atom stereocenters. The van der Waals surface area contributed by atoms with Gasteiger partial charge < -0.3 is 4.42 Å². The third-order valence-electron chi connectivity index (χ3n) is 1.27. The highest BCUT2D eigenvalue weighted by molar-refractivity contribution is 5.59. The van der Waals surface area contributed by atoms with Gasteiger partial charge in [-0.05, 0) is 12.1 Å². The van der Waals surface area contributed by atoms with Crippen LogP contribution in [0, 0.1) is 0 Å². The zero-order valence-electron chi connectivity index (χ0n) is 4.74. The molecule has 0 N–H and O–H groups in total. The average molecular weight is 119 g/mol. The van der Waals surface area contributed by atoms with Crippen LogP contribution in [0.2, 0.25) is 0 Å². The van der Waals surface area contributed by atoms with E-state index in [-0.39, 0.29) is 0 Å². The second kappa shape index (κ2) is 1.58. The maximum atomic E-state index is 4.84. The Labute approximate surface area is 52.5 Å². The smallest absolute Gasteiger partial charge is 0.180 e. The van der Waals surface area contributed by atoms with Gasteiger partial charge in [0, 0.05) is 5.56 Å². The Kier molecular flexibility index (Phi) is 0.803. The van der Waals surface area contributed by atoms with Gasteiger partial charge in [-0.15, -0.1) is 0 Å². The first-order valence-corrected chi connectivity index (χ1v) is 2.74. The van der Waals surface area contributed by atoms with Crippen molar-refractivity contribution in [1.29, 1.82) is 0 Å². The van der Waals surface area contributed by atoms with Crippen molar-refractivity contribution in [2.24, 2.45) is 0 Å². The van der Waals surface area contributed by atoms with Gasteiger partial charge in [-0.2, -0.15) is 0 Å². The normalized spacial score (nSPS) is 10.2. The van der Waals surface area contributed by atoms with Crippen LogP contribution >= 0.6 is 0 Å². The molecule has 9 heavy (non-hydrogen) atoms. The summed E-state index contributed by atoms with van der Waals surface area (Å²) in [5, 5.41) is 0. The van der Waals surface area contributed by atoms with Gasteiger partial charge in [0.2, 0.25) is 0 Å². The predicted molar refractivity (Wildman–Crippen MR) is 33.1 cm³/mol. The van der Waals surface area contributed by atoms with E-state index in [0.29, 0.717) is 0 Å². The number of fused-ring (bicyclic) bond motifs is 1. The molecule has 0 aromatic heterocycles. The maximum absolute atomic E-state index is 4.84. The van der Waals surface area contributed by atoms with Crippen LogP contribution in [-0.4, -0.2) is 4.98 Å². The fourth-order valence-electron chi connectivity index (χ4n) is 0.833. The van der Waals surface area contributed by atoms with Gasteiger partial charge in [-0.1, -0.05) is 6.07 Å². The average Bonchev–Trinajstić information content (AvgIpc) is 2.33. The highest BCUT2D eigenvalue weighted by Crippen LogP contribution is 2.17. The van der Waals surface area contributed by atoms with E-state index in [2.05, 4.69) is 4.98 Å². The molecule has 2 rings (SSSR count). The molecule has 1 heterocycles. The number of nitrogens with zero attached hydrogens (tertiary/aromatic N) is 1. The third kappa shape index (κ3) is 0.598. The summed E-state index contributed by atoms with van der Waals surface area (Å²) < 4.78 is 4.84. The van der Waals surface area contributed by atoms with Crippen molar-refractivity contribution < 1.29 is 4.42 Å². The van der Waals surface area contributed by atoms with Gasteiger partial charge in [0.1, 0.15) is 6.26 Å². The molecular weight excluding hydrogens is 114 g/mol. The van der Waals surface area contributed by atoms with Crippen molar-refractivity contribution in [2.75, 3.05) is 0 Å². The standard InChI is InChI=1S/C7H5NO/c1-2-6-4-9-5-8-7(6)3-1/h1-5H. The molecular formula is C7H5NO. The monoisotopic (exact) mass is 119 g/mol. The van der Waals surface area contributed by atoms with E-state index in [4.69, 9.17) is 4.42 Å². The molecule has 0 atom stereocenters. The summed E-state index contributed by atoms with van der Waals surface area (Å²) in [7, 11) is 0.